The van der Waals surface area contributed by atoms with Crippen LogP contribution in [0.2, 0.25) is 0 Å². The van der Waals surface area contributed by atoms with Crippen molar-refractivity contribution in [3.05, 3.63) is 29.8 Å². The zero-order chi connectivity index (χ0) is 12.4. The van der Waals surface area contributed by atoms with Crippen molar-refractivity contribution < 1.29 is 9.59 Å². The summed E-state index contributed by atoms with van der Waals surface area (Å²) in [5.41, 5.74) is 6.74. The van der Waals surface area contributed by atoms with Gasteiger partial charge in [-0.1, -0.05) is 0 Å². The third kappa shape index (κ3) is 2.22. The molecule has 0 aromatic heterocycles. The van der Waals surface area contributed by atoms with Crippen LogP contribution in [0.4, 0.5) is 5.69 Å². The molecule has 1 aliphatic rings. The molecule has 0 radical (unpaired) electrons. The maximum absolute atomic E-state index is 12.2. The molecule has 0 aliphatic carbocycles. The Morgan fingerprint density at radius 3 is 2.71 bits per heavy atom. The van der Waals surface area contributed by atoms with E-state index in [4.69, 9.17) is 5.73 Å². The summed E-state index contributed by atoms with van der Waals surface area (Å²) in [6.07, 6.45) is 0. The van der Waals surface area contributed by atoms with Crippen LogP contribution in [0, 0.1) is 0 Å². The summed E-state index contributed by atoms with van der Waals surface area (Å²) in [7, 11) is 0. The van der Waals surface area contributed by atoms with E-state index in [0.717, 1.165) is 0 Å². The van der Waals surface area contributed by atoms with Gasteiger partial charge in [0.15, 0.2) is 0 Å². The third-order valence-corrected chi connectivity index (χ3v) is 2.92. The van der Waals surface area contributed by atoms with Crippen LogP contribution < -0.4 is 11.1 Å². The van der Waals surface area contributed by atoms with Gasteiger partial charge >= 0.3 is 0 Å². The monoisotopic (exact) mass is 233 g/mol. The minimum absolute atomic E-state index is 0.111. The predicted octanol–water partition coefficient (Wildman–Crippen LogP) is 0.229. The Bertz CT molecular complexity index is 442. The molecule has 1 unspecified atom stereocenters. The Kier molecular flexibility index (Phi) is 2.99. The lowest BCUT2D eigenvalue weighted by molar-refractivity contribution is -0.127. The molecule has 0 bridgehead atoms. The second-order valence-electron chi connectivity index (χ2n) is 4.09. The second-order valence-corrected chi connectivity index (χ2v) is 4.09. The minimum atomic E-state index is -0.422. The summed E-state index contributed by atoms with van der Waals surface area (Å²) in [5.74, 6) is -0.243. The third-order valence-electron chi connectivity index (χ3n) is 2.92. The standard InChI is InChI=1S/C12H15N3O2/c1-8-11(16)14-6-7-15(8)12(17)9-2-4-10(13)5-3-9/h2-5,8H,6-7,13H2,1H3,(H,14,16). The maximum Gasteiger partial charge on any atom is 0.254 e. The SMILES string of the molecule is CC1C(=O)NCCN1C(=O)c1ccc(N)cc1. The fourth-order valence-electron chi connectivity index (χ4n) is 1.85. The molecular formula is C12H15N3O2. The van der Waals surface area contributed by atoms with E-state index in [9.17, 15) is 9.59 Å². The number of benzene rings is 1. The summed E-state index contributed by atoms with van der Waals surface area (Å²) >= 11 is 0. The van der Waals surface area contributed by atoms with Crippen LogP contribution >= 0.6 is 0 Å². The number of carbonyl (C=O) groups excluding carboxylic acids is 2. The van der Waals surface area contributed by atoms with Crippen molar-refractivity contribution in [3.63, 3.8) is 0 Å². The largest absolute Gasteiger partial charge is 0.399 e. The predicted molar refractivity (Wildman–Crippen MR) is 64.4 cm³/mol. The zero-order valence-electron chi connectivity index (χ0n) is 9.64. The topological polar surface area (TPSA) is 75.4 Å². The van der Waals surface area contributed by atoms with Crippen LogP contribution in [-0.4, -0.2) is 35.8 Å². The van der Waals surface area contributed by atoms with Gasteiger partial charge < -0.3 is 16.0 Å². The van der Waals surface area contributed by atoms with E-state index in [1.165, 1.54) is 0 Å². The average Bonchev–Trinajstić information content (AvgIpc) is 2.33. The molecule has 0 spiro atoms. The lowest BCUT2D eigenvalue weighted by Gasteiger charge is -2.32. The summed E-state index contributed by atoms with van der Waals surface area (Å²) in [4.78, 5) is 25.2. The van der Waals surface area contributed by atoms with Crippen molar-refractivity contribution in [1.29, 1.82) is 0 Å². The van der Waals surface area contributed by atoms with Crippen LogP contribution in [-0.2, 0) is 4.79 Å². The quantitative estimate of drug-likeness (QED) is 0.682. The number of nitrogens with one attached hydrogen (secondary N) is 1. The minimum Gasteiger partial charge on any atom is -0.399 e. The van der Waals surface area contributed by atoms with Gasteiger partial charge in [0.1, 0.15) is 6.04 Å². The normalized spacial score (nSPS) is 19.9. The first-order valence-corrected chi connectivity index (χ1v) is 5.54. The highest BCUT2D eigenvalue weighted by molar-refractivity contribution is 5.98. The Hall–Kier alpha value is -2.04. The van der Waals surface area contributed by atoms with Gasteiger partial charge in [-0.2, -0.15) is 0 Å². The molecule has 1 fully saturated rings. The Morgan fingerprint density at radius 2 is 2.06 bits per heavy atom. The molecule has 2 rings (SSSR count). The first-order valence-electron chi connectivity index (χ1n) is 5.54. The van der Waals surface area contributed by atoms with Crippen molar-refractivity contribution in [2.45, 2.75) is 13.0 Å². The number of amides is 2. The lowest BCUT2D eigenvalue weighted by atomic mass is 10.1. The molecule has 2 amide bonds. The molecule has 1 saturated heterocycles. The van der Waals surface area contributed by atoms with Crippen molar-refractivity contribution in [2.75, 3.05) is 18.8 Å². The summed E-state index contributed by atoms with van der Waals surface area (Å²) in [6, 6.07) is 6.30. The van der Waals surface area contributed by atoms with Gasteiger partial charge in [-0.3, -0.25) is 9.59 Å². The number of nitrogens with zero attached hydrogens (tertiary/aromatic N) is 1. The number of hydrogen-bond acceptors (Lipinski definition) is 3. The van der Waals surface area contributed by atoms with Crippen LogP contribution in [0.3, 0.4) is 0 Å². The number of rotatable bonds is 1. The molecule has 1 aliphatic heterocycles. The molecule has 17 heavy (non-hydrogen) atoms. The molecule has 5 heteroatoms. The molecule has 0 saturated carbocycles. The highest BCUT2D eigenvalue weighted by Gasteiger charge is 2.29. The second kappa shape index (κ2) is 4.45. The zero-order valence-corrected chi connectivity index (χ0v) is 9.64. The van der Waals surface area contributed by atoms with Gasteiger partial charge in [0.2, 0.25) is 5.91 Å². The van der Waals surface area contributed by atoms with Crippen LogP contribution in [0.25, 0.3) is 0 Å². The van der Waals surface area contributed by atoms with Crippen molar-refractivity contribution in [3.8, 4) is 0 Å². The van der Waals surface area contributed by atoms with E-state index in [2.05, 4.69) is 5.32 Å². The first kappa shape index (κ1) is 11.4. The smallest absolute Gasteiger partial charge is 0.254 e. The highest BCUT2D eigenvalue weighted by Crippen LogP contribution is 2.12. The van der Waals surface area contributed by atoms with E-state index in [1.807, 2.05) is 0 Å². The van der Waals surface area contributed by atoms with Gasteiger partial charge in [-0.15, -0.1) is 0 Å². The van der Waals surface area contributed by atoms with Gasteiger partial charge in [-0.25, -0.2) is 0 Å². The molecule has 3 N–H and O–H groups in total. The highest BCUT2D eigenvalue weighted by atomic mass is 16.2. The molecule has 1 aromatic carbocycles. The summed E-state index contributed by atoms with van der Waals surface area (Å²) in [5, 5.41) is 2.72. The fraction of sp³-hybridized carbons (Fsp3) is 0.333. The number of nitrogens with two attached hydrogens (primary N) is 1. The number of piperazine rings is 1. The Balaban J connectivity index is 2.19. The molecule has 1 aromatic rings. The maximum atomic E-state index is 12.2. The van der Waals surface area contributed by atoms with E-state index >= 15 is 0 Å². The van der Waals surface area contributed by atoms with Gasteiger partial charge in [0, 0.05) is 24.3 Å². The van der Waals surface area contributed by atoms with Crippen molar-refractivity contribution in [2.24, 2.45) is 0 Å². The number of anilines is 1. The van der Waals surface area contributed by atoms with Crippen LogP contribution in [0.5, 0.6) is 0 Å². The van der Waals surface area contributed by atoms with Crippen LogP contribution in [0.15, 0.2) is 24.3 Å². The van der Waals surface area contributed by atoms with E-state index in [1.54, 1.807) is 36.1 Å². The van der Waals surface area contributed by atoms with Gasteiger partial charge in [0.25, 0.3) is 5.91 Å². The van der Waals surface area contributed by atoms with E-state index < -0.39 is 6.04 Å². The summed E-state index contributed by atoms with van der Waals surface area (Å²) in [6.45, 7) is 2.77. The van der Waals surface area contributed by atoms with E-state index in [0.29, 0.717) is 24.3 Å². The van der Waals surface area contributed by atoms with Gasteiger partial charge in [-0.05, 0) is 31.2 Å². The van der Waals surface area contributed by atoms with E-state index in [-0.39, 0.29) is 11.8 Å². The van der Waals surface area contributed by atoms with Crippen LogP contribution in [0.1, 0.15) is 17.3 Å². The number of nitrogen functional groups attached to an aromatic ring is 1. The van der Waals surface area contributed by atoms with Gasteiger partial charge in [0.05, 0.1) is 0 Å². The fourth-order valence-corrected chi connectivity index (χ4v) is 1.85. The molecule has 1 heterocycles. The molecule has 1 atom stereocenters. The Labute approximate surface area is 99.6 Å². The Morgan fingerprint density at radius 1 is 1.41 bits per heavy atom. The summed E-state index contributed by atoms with van der Waals surface area (Å²) < 4.78 is 0. The lowest BCUT2D eigenvalue weighted by Crippen LogP contribution is -2.55. The average molecular weight is 233 g/mol. The molecular weight excluding hydrogens is 218 g/mol. The number of hydrogen-bond donors (Lipinski definition) is 2. The molecule has 90 valence electrons. The van der Waals surface area contributed by atoms with Crippen molar-refractivity contribution >= 4 is 17.5 Å². The van der Waals surface area contributed by atoms with Crippen molar-refractivity contribution in [1.82, 2.24) is 10.2 Å². The molecule has 5 nitrogen and oxygen atoms in total. The number of carbonyl (C=O) groups is 2. The first-order chi connectivity index (χ1) is 8.09.